The van der Waals surface area contributed by atoms with E-state index in [2.05, 4.69) is 13.8 Å². The molecule has 0 amide bonds. The van der Waals surface area contributed by atoms with Gasteiger partial charge in [-0.05, 0) is 32.1 Å². The van der Waals surface area contributed by atoms with Crippen molar-refractivity contribution >= 4 is 5.97 Å². The van der Waals surface area contributed by atoms with Crippen molar-refractivity contribution in [1.82, 2.24) is 0 Å². The van der Waals surface area contributed by atoms with Gasteiger partial charge in [0, 0.05) is 6.61 Å². The van der Waals surface area contributed by atoms with Crippen LogP contribution in [0, 0.1) is 5.92 Å². The monoisotopic (exact) mass is 342 g/mol. The number of rotatable bonds is 18. The molecule has 0 radical (unpaired) electrons. The second kappa shape index (κ2) is 18.8. The van der Waals surface area contributed by atoms with Crippen LogP contribution in [0.1, 0.15) is 110 Å². The highest BCUT2D eigenvalue weighted by Crippen LogP contribution is 2.20. The molecule has 0 saturated heterocycles. The van der Waals surface area contributed by atoms with Gasteiger partial charge >= 0.3 is 5.97 Å². The lowest BCUT2D eigenvalue weighted by Crippen LogP contribution is -2.18. The third kappa shape index (κ3) is 15.0. The van der Waals surface area contributed by atoms with Crippen molar-refractivity contribution in [3.05, 3.63) is 0 Å². The molecule has 0 aliphatic carbocycles. The molecule has 0 aliphatic heterocycles. The smallest absolute Gasteiger partial charge is 0.308 e. The summed E-state index contributed by atoms with van der Waals surface area (Å²) in [7, 11) is 0. The van der Waals surface area contributed by atoms with Crippen LogP contribution in [0.5, 0.6) is 0 Å². The molecule has 3 nitrogen and oxygen atoms in total. The summed E-state index contributed by atoms with van der Waals surface area (Å²) < 4.78 is 5.48. The van der Waals surface area contributed by atoms with Crippen molar-refractivity contribution in [3.63, 3.8) is 0 Å². The molecule has 1 atom stereocenters. The molecule has 144 valence electrons. The van der Waals surface area contributed by atoms with E-state index < -0.39 is 0 Å². The lowest BCUT2D eigenvalue weighted by molar-refractivity contribution is -0.149. The fourth-order valence-corrected chi connectivity index (χ4v) is 3.05. The minimum Gasteiger partial charge on any atom is -0.465 e. The number of aliphatic hydroxyl groups excluding tert-OH is 1. The molecule has 0 saturated carbocycles. The Labute approximate surface area is 150 Å². The van der Waals surface area contributed by atoms with Crippen LogP contribution in [0.4, 0.5) is 0 Å². The first-order valence-corrected chi connectivity index (χ1v) is 10.5. The number of hydrogen-bond acceptors (Lipinski definition) is 3. The van der Waals surface area contributed by atoms with Gasteiger partial charge in [0.15, 0.2) is 0 Å². The largest absolute Gasteiger partial charge is 0.465 e. The minimum absolute atomic E-state index is 0.0176. The van der Waals surface area contributed by atoms with Crippen LogP contribution >= 0.6 is 0 Å². The van der Waals surface area contributed by atoms with Crippen LogP contribution in [0.3, 0.4) is 0 Å². The number of carbonyl (C=O) groups is 1. The summed E-state index contributed by atoms with van der Waals surface area (Å²) in [4.78, 5) is 12.3. The molecule has 24 heavy (non-hydrogen) atoms. The molecular weight excluding hydrogens is 300 g/mol. The fourth-order valence-electron chi connectivity index (χ4n) is 3.05. The van der Waals surface area contributed by atoms with Gasteiger partial charge in [0.1, 0.15) is 0 Å². The van der Waals surface area contributed by atoms with Gasteiger partial charge in [0.2, 0.25) is 0 Å². The summed E-state index contributed by atoms with van der Waals surface area (Å²) in [5, 5.41) is 8.77. The maximum absolute atomic E-state index is 12.3. The highest BCUT2D eigenvalue weighted by atomic mass is 16.5. The number of esters is 1. The molecule has 0 aromatic rings. The molecule has 3 heteroatoms. The average Bonchev–Trinajstić information content (AvgIpc) is 2.59. The minimum atomic E-state index is 0.0176. The van der Waals surface area contributed by atoms with Crippen LogP contribution in [-0.4, -0.2) is 24.3 Å². The van der Waals surface area contributed by atoms with E-state index in [0.717, 1.165) is 44.9 Å². The lowest BCUT2D eigenvalue weighted by atomic mass is 9.94. The third-order valence-corrected chi connectivity index (χ3v) is 4.69. The Balaban J connectivity index is 3.98. The first-order chi connectivity index (χ1) is 11.8. The Kier molecular flexibility index (Phi) is 18.3. The van der Waals surface area contributed by atoms with Crippen LogP contribution in [0.15, 0.2) is 0 Å². The van der Waals surface area contributed by atoms with E-state index >= 15 is 0 Å². The number of hydrogen-bond donors (Lipinski definition) is 1. The number of ether oxygens (including phenoxy) is 1. The fraction of sp³-hybridized carbons (Fsp3) is 0.952. The third-order valence-electron chi connectivity index (χ3n) is 4.69. The van der Waals surface area contributed by atoms with Crippen molar-refractivity contribution in [2.24, 2.45) is 5.92 Å². The zero-order chi connectivity index (χ0) is 17.9. The van der Waals surface area contributed by atoms with Gasteiger partial charge in [0.25, 0.3) is 0 Å². The standard InChI is InChI=1S/C21H42O3/c1-3-5-7-9-10-13-17-20(16-12-8-6-4-2)21(23)24-19-15-11-14-18-22/h20,22H,3-19H2,1-2H3. The predicted octanol–water partition coefficient (Wildman–Crippen LogP) is 6.03. The van der Waals surface area contributed by atoms with Crippen molar-refractivity contribution < 1.29 is 14.6 Å². The molecule has 0 fully saturated rings. The van der Waals surface area contributed by atoms with Gasteiger partial charge in [-0.15, -0.1) is 0 Å². The van der Waals surface area contributed by atoms with E-state index in [-0.39, 0.29) is 18.5 Å². The Morgan fingerprint density at radius 1 is 0.750 bits per heavy atom. The molecule has 0 aromatic heterocycles. The van der Waals surface area contributed by atoms with Crippen molar-refractivity contribution in [2.45, 2.75) is 110 Å². The SMILES string of the molecule is CCCCCCCCC(CCCCCC)C(=O)OCCCCCO. The van der Waals surface area contributed by atoms with E-state index in [1.807, 2.05) is 0 Å². The van der Waals surface area contributed by atoms with E-state index in [9.17, 15) is 4.79 Å². The molecule has 0 aliphatic rings. The summed E-state index contributed by atoms with van der Waals surface area (Å²) in [6.45, 7) is 5.20. The first kappa shape index (κ1) is 23.4. The molecule has 1 N–H and O–H groups in total. The van der Waals surface area contributed by atoms with E-state index in [1.54, 1.807) is 0 Å². The lowest BCUT2D eigenvalue weighted by Gasteiger charge is -2.16. The molecular formula is C21H42O3. The highest BCUT2D eigenvalue weighted by molar-refractivity contribution is 5.72. The molecule has 0 heterocycles. The summed E-state index contributed by atoms with van der Waals surface area (Å²) in [6.07, 6.45) is 17.1. The highest BCUT2D eigenvalue weighted by Gasteiger charge is 2.19. The van der Waals surface area contributed by atoms with Gasteiger partial charge < -0.3 is 9.84 Å². The second-order valence-corrected chi connectivity index (χ2v) is 7.05. The van der Waals surface area contributed by atoms with E-state index in [4.69, 9.17) is 9.84 Å². The zero-order valence-electron chi connectivity index (χ0n) is 16.4. The average molecular weight is 343 g/mol. The Morgan fingerprint density at radius 2 is 1.25 bits per heavy atom. The second-order valence-electron chi connectivity index (χ2n) is 7.05. The number of unbranched alkanes of at least 4 members (excludes halogenated alkanes) is 10. The quantitative estimate of drug-likeness (QED) is 0.244. The Bertz CT molecular complexity index is 266. The molecule has 0 bridgehead atoms. The van der Waals surface area contributed by atoms with E-state index in [0.29, 0.717) is 6.61 Å². The summed E-state index contributed by atoms with van der Waals surface area (Å²) in [5.74, 6) is 0.120. The molecule has 0 aromatic carbocycles. The van der Waals surface area contributed by atoms with Crippen LogP contribution in [0.2, 0.25) is 0 Å². The van der Waals surface area contributed by atoms with Crippen LogP contribution in [-0.2, 0) is 9.53 Å². The number of aliphatic hydroxyl groups is 1. The van der Waals surface area contributed by atoms with Crippen molar-refractivity contribution in [3.8, 4) is 0 Å². The summed E-state index contributed by atoms with van der Waals surface area (Å²) >= 11 is 0. The maximum atomic E-state index is 12.3. The predicted molar refractivity (Wildman–Crippen MR) is 102 cm³/mol. The Morgan fingerprint density at radius 3 is 1.83 bits per heavy atom. The normalized spacial score (nSPS) is 12.3. The topological polar surface area (TPSA) is 46.5 Å². The number of carbonyl (C=O) groups excluding carboxylic acids is 1. The summed E-state index contributed by atoms with van der Waals surface area (Å²) in [5.41, 5.74) is 0. The Hall–Kier alpha value is -0.570. The van der Waals surface area contributed by atoms with Crippen LogP contribution < -0.4 is 0 Å². The molecule has 0 rings (SSSR count). The van der Waals surface area contributed by atoms with Crippen molar-refractivity contribution in [1.29, 1.82) is 0 Å². The van der Waals surface area contributed by atoms with Gasteiger partial charge in [0.05, 0.1) is 12.5 Å². The zero-order valence-corrected chi connectivity index (χ0v) is 16.4. The van der Waals surface area contributed by atoms with Crippen molar-refractivity contribution in [2.75, 3.05) is 13.2 Å². The molecule has 0 spiro atoms. The van der Waals surface area contributed by atoms with Gasteiger partial charge in [-0.25, -0.2) is 0 Å². The van der Waals surface area contributed by atoms with E-state index in [1.165, 1.54) is 51.4 Å². The van der Waals surface area contributed by atoms with Gasteiger partial charge in [-0.3, -0.25) is 4.79 Å². The van der Waals surface area contributed by atoms with Crippen LogP contribution in [0.25, 0.3) is 0 Å². The molecule has 1 unspecified atom stereocenters. The first-order valence-electron chi connectivity index (χ1n) is 10.5. The van der Waals surface area contributed by atoms with Gasteiger partial charge in [-0.2, -0.15) is 0 Å². The van der Waals surface area contributed by atoms with Gasteiger partial charge in [-0.1, -0.05) is 78.1 Å². The maximum Gasteiger partial charge on any atom is 0.308 e. The summed E-state index contributed by atoms with van der Waals surface area (Å²) in [6, 6.07) is 0.